The van der Waals surface area contributed by atoms with Crippen molar-refractivity contribution in [3.05, 3.63) is 34.5 Å². The summed E-state index contributed by atoms with van der Waals surface area (Å²) in [7, 11) is 0. The molecule has 0 bridgehead atoms. The molecule has 0 radical (unpaired) electrons. The molecule has 1 unspecified atom stereocenters. The van der Waals surface area contributed by atoms with Gasteiger partial charge < -0.3 is 9.52 Å². The van der Waals surface area contributed by atoms with Gasteiger partial charge in [-0.05, 0) is 35.0 Å². The third-order valence-electron chi connectivity index (χ3n) is 2.04. The molecule has 3 heteroatoms. The molecule has 74 valence electrons. The van der Waals surface area contributed by atoms with Crippen LogP contribution in [0, 0.1) is 0 Å². The van der Waals surface area contributed by atoms with E-state index in [0.29, 0.717) is 6.42 Å². The van der Waals surface area contributed by atoms with Gasteiger partial charge in [0.1, 0.15) is 11.3 Å². The number of para-hydroxylation sites is 1. The summed E-state index contributed by atoms with van der Waals surface area (Å²) in [6.45, 7) is 1.75. The van der Waals surface area contributed by atoms with Gasteiger partial charge in [0, 0.05) is 11.8 Å². The fourth-order valence-corrected chi connectivity index (χ4v) is 1.94. The van der Waals surface area contributed by atoms with Crippen LogP contribution in [0.1, 0.15) is 12.7 Å². The van der Waals surface area contributed by atoms with Crippen LogP contribution in [-0.4, -0.2) is 11.2 Å². The van der Waals surface area contributed by atoms with Gasteiger partial charge in [-0.3, -0.25) is 0 Å². The van der Waals surface area contributed by atoms with Crippen LogP contribution in [0.25, 0.3) is 11.0 Å². The lowest BCUT2D eigenvalue weighted by Crippen LogP contribution is -2.02. The predicted molar refractivity (Wildman–Crippen MR) is 59.3 cm³/mol. The zero-order valence-corrected chi connectivity index (χ0v) is 9.41. The molecule has 0 aliphatic carbocycles. The van der Waals surface area contributed by atoms with Crippen LogP contribution in [0.5, 0.6) is 0 Å². The molecule has 0 aliphatic rings. The molecule has 0 saturated carbocycles. The van der Waals surface area contributed by atoms with E-state index in [2.05, 4.69) is 15.9 Å². The molecule has 0 amide bonds. The minimum Gasteiger partial charge on any atom is -0.460 e. The summed E-state index contributed by atoms with van der Waals surface area (Å²) in [5.41, 5.74) is 0.850. The SMILES string of the molecule is CC(O)Cc1cc2cccc(Br)c2o1. The van der Waals surface area contributed by atoms with Gasteiger partial charge >= 0.3 is 0 Å². The topological polar surface area (TPSA) is 33.4 Å². The van der Waals surface area contributed by atoms with Gasteiger partial charge in [-0.15, -0.1) is 0 Å². The average Bonchev–Trinajstić information content (AvgIpc) is 2.47. The van der Waals surface area contributed by atoms with Gasteiger partial charge in [0.15, 0.2) is 0 Å². The van der Waals surface area contributed by atoms with E-state index >= 15 is 0 Å². The molecule has 2 aromatic rings. The first kappa shape index (κ1) is 9.74. The Bertz CT molecular complexity index is 445. The molecule has 0 saturated heterocycles. The number of aliphatic hydroxyl groups excluding tert-OH is 1. The summed E-state index contributed by atoms with van der Waals surface area (Å²) < 4.78 is 6.55. The highest BCUT2D eigenvalue weighted by Gasteiger charge is 2.08. The van der Waals surface area contributed by atoms with E-state index in [0.717, 1.165) is 21.2 Å². The van der Waals surface area contributed by atoms with Crippen molar-refractivity contribution < 1.29 is 9.52 Å². The van der Waals surface area contributed by atoms with Crippen molar-refractivity contribution in [1.82, 2.24) is 0 Å². The minimum atomic E-state index is -0.366. The summed E-state index contributed by atoms with van der Waals surface area (Å²) in [6.07, 6.45) is 0.190. The number of furan rings is 1. The monoisotopic (exact) mass is 254 g/mol. The first-order valence-electron chi connectivity index (χ1n) is 4.52. The number of aliphatic hydroxyl groups is 1. The smallest absolute Gasteiger partial charge is 0.148 e. The average molecular weight is 255 g/mol. The predicted octanol–water partition coefficient (Wildman–Crippen LogP) is 3.12. The fraction of sp³-hybridized carbons (Fsp3) is 0.273. The van der Waals surface area contributed by atoms with Crippen LogP contribution < -0.4 is 0 Å². The van der Waals surface area contributed by atoms with Crippen LogP contribution in [-0.2, 0) is 6.42 Å². The van der Waals surface area contributed by atoms with Crippen LogP contribution in [0.4, 0.5) is 0 Å². The lowest BCUT2D eigenvalue weighted by atomic mass is 10.2. The summed E-state index contributed by atoms with van der Waals surface area (Å²) in [5, 5.41) is 10.3. The van der Waals surface area contributed by atoms with E-state index < -0.39 is 0 Å². The van der Waals surface area contributed by atoms with Gasteiger partial charge in [0.05, 0.1) is 10.6 Å². The second-order valence-electron chi connectivity index (χ2n) is 3.42. The summed E-state index contributed by atoms with van der Waals surface area (Å²) in [4.78, 5) is 0. The van der Waals surface area contributed by atoms with E-state index in [-0.39, 0.29) is 6.10 Å². The largest absolute Gasteiger partial charge is 0.460 e. The molecule has 0 spiro atoms. The lowest BCUT2D eigenvalue weighted by Gasteiger charge is -1.98. The van der Waals surface area contributed by atoms with Crippen molar-refractivity contribution in [2.75, 3.05) is 0 Å². The van der Waals surface area contributed by atoms with Gasteiger partial charge in [-0.1, -0.05) is 12.1 Å². The highest BCUT2D eigenvalue weighted by molar-refractivity contribution is 9.10. The van der Waals surface area contributed by atoms with Crippen LogP contribution >= 0.6 is 15.9 Å². The first-order chi connectivity index (χ1) is 6.66. The Morgan fingerprint density at radius 1 is 1.50 bits per heavy atom. The van der Waals surface area contributed by atoms with Crippen LogP contribution in [0.3, 0.4) is 0 Å². The summed E-state index contributed by atoms with van der Waals surface area (Å²) >= 11 is 3.42. The van der Waals surface area contributed by atoms with E-state index in [9.17, 15) is 5.11 Å². The summed E-state index contributed by atoms with van der Waals surface area (Å²) in [5.74, 6) is 0.821. The van der Waals surface area contributed by atoms with Crippen molar-refractivity contribution in [3.63, 3.8) is 0 Å². The third-order valence-corrected chi connectivity index (χ3v) is 2.67. The van der Waals surface area contributed by atoms with Crippen molar-refractivity contribution in [3.8, 4) is 0 Å². The molecule has 1 heterocycles. The van der Waals surface area contributed by atoms with E-state index in [4.69, 9.17) is 4.42 Å². The molecule has 0 aliphatic heterocycles. The molecule has 1 aromatic carbocycles. The molecule has 1 aromatic heterocycles. The number of benzene rings is 1. The third kappa shape index (κ3) is 1.83. The zero-order valence-electron chi connectivity index (χ0n) is 7.83. The standard InChI is InChI=1S/C11H11BrO2/c1-7(13)5-9-6-8-3-2-4-10(12)11(8)14-9/h2-4,6-7,13H,5H2,1H3. The van der Waals surface area contributed by atoms with E-state index in [1.807, 2.05) is 24.3 Å². The maximum atomic E-state index is 9.23. The Labute approximate surface area is 90.7 Å². The van der Waals surface area contributed by atoms with Gasteiger partial charge in [0.25, 0.3) is 0 Å². The highest BCUT2D eigenvalue weighted by atomic mass is 79.9. The Hall–Kier alpha value is -0.800. The first-order valence-corrected chi connectivity index (χ1v) is 5.31. The maximum absolute atomic E-state index is 9.23. The molecule has 1 atom stereocenters. The van der Waals surface area contributed by atoms with Crippen LogP contribution in [0.15, 0.2) is 33.2 Å². The molecule has 1 N–H and O–H groups in total. The second-order valence-corrected chi connectivity index (χ2v) is 4.28. The van der Waals surface area contributed by atoms with Crippen molar-refractivity contribution in [2.24, 2.45) is 0 Å². The van der Waals surface area contributed by atoms with Crippen molar-refractivity contribution in [2.45, 2.75) is 19.4 Å². The molecule has 2 rings (SSSR count). The number of halogens is 1. The number of rotatable bonds is 2. The molecular weight excluding hydrogens is 244 g/mol. The van der Waals surface area contributed by atoms with E-state index in [1.165, 1.54) is 0 Å². The number of hydrogen-bond acceptors (Lipinski definition) is 2. The Kier molecular flexibility index (Phi) is 2.61. The van der Waals surface area contributed by atoms with Gasteiger partial charge in [-0.2, -0.15) is 0 Å². The second kappa shape index (κ2) is 3.75. The number of hydrogen-bond donors (Lipinski definition) is 1. The Morgan fingerprint density at radius 3 is 2.93 bits per heavy atom. The van der Waals surface area contributed by atoms with Crippen LogP contribution in [0.2, 0.25) is 0 Å². The lowest BCUT2D eigenvalue weighted by molar-refractivity contribution is 0.188. The highest BCUT2D eigenvalue weighted by Crippen LogP contribution is 2.27. The molecule has 14 heavy (non-hydrogen) atoms. The van der Waals surface area contributed by atoms with Crippen molar-refractivity contribution >= 4 is 26.9 Å². The number of fused-ring (bicyclic) bond motifs is 1. The quantitative estimate of drug-likeness (QED) is 0.894. The van der Waals surface area contributed by atoms with Gasteiger partial charge in [-0.25, -0.2) is 0 Å². The zero-order chi connectivity index (χ0) is 10.1. The Balaban J connectivity index is 2.46. The van der Waals surface area contributed by atoms with Gasteiger partial charge in [0.2, 0.25) is 0 Å². The normalized spacial score (nSPS) is 13.4. The molecule has 0 fully saturated rings. The minimum absolute atomic E-state index is 0.366. The summed E-state index contributed by atoms with van der Waals surface area (Å²) in [6, 6.07) is 7.87. The van der Waals surface area contributed by atoms with E-state index in [1.54, 1.807) is 6.92 Å². The maximum Gasteiger partial charge on any atom is 0.148 e. The van der Waals surface area contributed by atoms with Crippen molar-refractivity contribution in [1.29, 1.82) is 0 Å². The Morgan fingerprint density at radius 2 is 2.29 bits per heavy atom. The molecule has 2 nitrogen and oxygen atoms in total. The molecular formula is C11H11BrO2. The fourth-order valence-electron chi connectivity index (χ4n) is 1.47.